The number of benzene rings is 1. The Morgan fingerprint density at radius 3 is 2.46 bits per heavy atom. The molecule has 1 aromatic rings. The molecule has 8 heteroatoms. The second-order valence-corrected chi connectivity index (χ2v) is 8.74. The normalized spacial score (nSPS) is 31.6. The Balaban J connectivity index is 1.42. The molecule has 1 aromatic carbocycles. The molecular formula is C20H24ClFN2O4. The molecule has 152 valence electrons. The number of carbonyl (C=O) groups excluding carboxylic acids is 2. The summed E-state index contributed by atoms with van der Waals surface area (Å²) in [6.07, 6.45) is 4.97. The van der Waals surface area contributed by atoms with Crippen LogP contribution in [0.1, 0.15) is 55.3 Å². The fraction of sp³-hybridized carbons (Fsp3) is 0.600. The molecule has 1 saturated heterocycles. The van der Waals surface area contributed by atoms with Gasteiger partial charge in [0.25, 0.3) is 5.91 Å². The average molecular weight is 411 g/mol. The summed E-state index contributed by atoms with van der Waals surface area (Å²) < 4.78 is 18.9. The van der Waals surface area contributed by atoms with Crippen LogP contribution in [0.15, 0.2) is 12.1 Å². The van der Waals surface area contributed by atoms with E-state index in [1.54, 1.807) is 0 Å². The Hall–Kier alpha value is -1.86. The lowest BCUT2D eigenvalue weighted by Gasteiger charge is -2.52. The molecule has 2 amide bonds. The number of phenols is 1. The van der Waals surface area contributed by atoms with Crippen molar-refractivity contribution in [3.63, 3.8) is 0 Å². The smallest absolute Gasteiger partial charge is 0.255 e. The number of amides is 2. The monoisotopic (exact) mass is 410 g/mol. The number of hydrogen-bond acceptors (Lipinski definition) is 4. The van der Waals surface area contributed by atoms with Gasteiger partial charge in [-0.15, -0.1) is 0 Å². The quantitative estimate of drug-likeness (QED) is 0.712. The highest BCUT2D eigenvalue weighted by Crippen LogP contribution is 2.52. The molecule has 1 atom stereocenters. The van der Waals surface area contributed by atoms with E-state index in [1.807, 2.05) is 0 Å². The third kappa shape index (κ3) is 3.46. The number of nitrogens with one attached hydrogen (secondary N) is 2. The summed E-state index contributed by atoms with van der Waals surface area (Å²) >= 11 is 5.78. The molecule has 1 aliphatic heterocycles. The number of fused-ring (bicyclic) bond motifs is 3. The molecule has 0 radical (unpaired) electrons. The topological polar surface area (TPSA) is 87.7 Å². The highest BCUT2D eigenvalue weighted by atomic mass is 35.5. The van der Waals surface area contributed by atoms with Gasteiger partial charge in [0, 0.05) is 17.6 Å². The molecule has 6 nitrogen and oxygen atoms in total. The van der Waals surface area contributed by atoms with E-state index in [4.69, 9.17) is 16.3 Å². The number of carbonyl (C=O) groups is 2. The largest absolute Gasteiger partial charge is 0.506 e. The fourth-order valence-corrected chi connectivity index (χ4v) is 4.95. The van der Waals surface area contributed by atoms with Gasteiger partial charge in [0.1, 0.15) is 11.6 Å². The lowest BCUT2D eigenvalue weighted by molar-refractivity contribution is -0.138. The first-order chi connectivity index (χ1) is 13.3. The highest BCUT2D eigenvalue weighted by molar-refractivity contribution is 6.32. The minimum absolute atomic E-state index is 0.0934. The molecule has 5 rings (SSSR count). The maximum absolute atomic E-state index is 13.6. The van der Waals surface area contributed by atoms with Crippen LogP contribution in [0.3, 0.4) is 0 Å². The number of aromatic hydroxyl groups is 1. The lowest BCUT2D eigenvalue weighted by Crippen LogP contribution is -2.60. The van der Waals surface area contributed by atoms with Crippen molar-refractivity contribution in [3.05, 3.63) is 28.5 Å². The minimum atomic E-state index is -0.677. The Labute approximate surface area is 167 Å². The second kappa shape index (κ2) is 7.19. The van der Waals surface area contributed by atoms with Crippen LogP contribution in [-0.4, -0.2) is 41.7 Å². The van der Waals surface area contributed by atoms with Crippen molar-refractivity contribution in [2.24, 2.45) is 5.41 Å². The first kappa shape index (κ1) is 19.5. The summed E-state index contributed by atoms with van der Waals surface area (Å²) in [5.41, 5.74) is -0.971. The van der Waals surface area contributed by atoms with Gasteiger partial charge in [-0.25, -0.2) is 4.39 Å². The van der Waals surface area contributed by atoms with Gasteiger partial charge in [0.15, 0.2) is 0 Å². The maximum atomic E-state index is 13.6. The van der Waals surface area contributed by atoms with E-state index in [9.17, 15) is 19.1 Å². The molecule has 4 aliphatic rings. The van der Waals surface area contributed by atoms with Crippen molar-refractivity contribution in [1.82, 2.24) is 10.6 Å². The molecule has 2 bridgehead atoms. The van der Waals surface area contributed by atoms with E-state index < -0.39 is 23.0 Å². The van der Waals surface area contributed by atoms with Crippen LogP contribution in [-0.2, 0) is 9.53 Å². The Morgan fingerprint density at radius 1 is 1.18 bits per heavy atom. The third-order valence-corrected chi connectivity index (χ3v) is 6.93. The summed E-state index contributed by atoms with van der Waals surface area (Å²) in [7, 11) is 0. The number of phenolic OH excluding ortho intramolecular Hbond substituents is 1. The van der Waals surface area contributed by atoms with Crippen molar-refractivity contribution in [1.29, 1.82) is 0 Å². The van der Waals surface area contributed by atoms with Gasteiger partial charge < -0.3 is 20.5 Å². The highest BCUT2D eigenvalue weighted by Gasteiger charge is 2.53. The van der Waals surface area contributed by atoms with Gasteiger partial charge in [-0.1, -0.05) is 11.6 Å². The predicted molar refractivity (Wildman–Crippen MR) is 101 cm³/mol. The van der Waals surface area contributed by atoms with Crippen LogP contribution in [0.5, 0.6) is 5.75 Å². The zero-order chi connectivity index (χ0) is 19.9. The molecule has 1 heterocycles. The SMILES string of the molecule is O=C(NC12CCC(C(=O)NC3CCOC3)(CC1)CC2)c1cc(F)cc(Cl)c1O. The predicted octanol–water partition coefficient (Wildman–Crippen LogP) is 2.91. The number of halogens is 2. The van der Waals surface area contributed by atoms with Crippen LogP contribution in [0.4, 0.5) is 4.39 Å². The second-order valence-electron chi connectivity index (χ2n) is 8.33. The molecule has 3 aliphatic carbocycles. The van der Waals surface area contributed by atoms with Crippen molar-refractivity contribution in [2.45, 2.75) is 56.5 Å². The molecule has 4 fully saturated rings. The third-order valence-electron chi connectivity index (χ3n) is 6.64. The molecule has 0 aromatic heterocycles. The van der Waals surface area contributed by atoms with Crippen molar-refractivity contribution >= 4 is 23.4 Å². The number of ether oxygens (including phenoxy) is 1. The van der Waals surface area contributed by atoms with E-state index in [1.165, 1.54) is 0 Å². The van der Waals surface area contributed by atoms with Gasteiger partial charge >= 0.3 is 0 Å². The molecule has 3 N–H and O–H groups in total. The summed E-state index contributed by atoms with van der Waals surface area (Å²) in [6.45, 7) is 1.26. The molecule has 28 heavy (non-hydrogen) atoms. The van der Waals surface area contributed by atoms with E-state index in [0.717, 1.165) is 18.6 Å². The molecular weight excluding hydrogens is 387 g/mol. The summed E-state index contributed by atoms with van der Waals surface area (Å²) in [6, 6.07) is 2.05. The van der Waals surface area contributed by atoms with Crippen LogP contribution in [0.2, 0.25) is 5.02 Å². The summed E-state index contributed by atoms with van der Waals surface area (Å²) in [5.74, 6) is -1.54. The molecule has 3 saturated carbocycles. The maximum Gasteiger partial charge on any atom is 0.255 e. The van der Waals surface area contributed by atoms with Crippen molar-refractivity contribution < 1.29 is 23.8 Å². The van der Waals surface area contributed by atoms with E-state index in [-0.39, 0.29) is 28.0 Å². The molecule has 1 unspecified atom stereocenters. The van der Waals surface area contributed by atoms with Crippen LogP contribution < -0.4 is 10.6 Å². The van der Waals surface area contributed by atoms with Gasteiger partial charge in [-0.05, 0) is 57.1 Å². The van der Waals surface area contributed by atoms with Crippen LogP contribution >= 0.6 is 11.6 Å². The summed E-state index contributed by atoms with van der Waals surface area (Å²) in [5, 5.41) is 15.9. The van der Waals surface area contributed by atoms with Crippen LogP contribution in [0, 0.1) is 11.2 Å². The zero-order valence-corrected chi connectivity index (χ0v) is 16.3. The van der Waals surface area contributed by atoms with Crippen LogP contribution in [0.25, 0.3) is 0 Å². The van der Waals surface area contributed by atoms with E-state index >= 15 is 0 Å². The average Bonchev–Trinajstić information content (AvgIpc) is 3.19. The number of hydrogen-bond donors (Lipinski definition) is 3. The van der Waals surface area contributed by atoms with Gasteiger partial charge in [-0.2, -0.15) is 0 Å². The van der Waals surface area contributed by atoms with E-state index in [0.29, 0.717) is 51.7 Å². The first-order valence-electron chi connectivity index (χ1n) is 9.72. The minimum Gasteiger partial charge on any atom is -0.506 e. The van der Waals surface area contributed by atoms with E-state index in [2.05, 4.69) is 10.6 Å². The zero-order valence-electron chi connectivity index (χ0n) is 15.5. The van der Waals surface area contributed by atoms with Gasteiger partial charge in [-0.3, -0.25) is 9.59 Å². The standard InChI is InChI=1S/C20H24ClFN2O4/c21-15-10-12(22)9-14(16(15)25)17(26)24-20-5-2-19(3-6-20,4-7-20)18(27)23-13-1-8-28-11-13/h9-10,13,25H,1-8,11H2,(H,23,27)(H,24,26). The molecule has 0 spiro atoms. The Morgan fingerprint density at radius 2 is 1.86 bits per heavy atom. The summed E-state index contributed by atoms with van der Waals surface area (Å²) in [4.78, 5) is 25.5. The number of rotatable bonds is 4. The first-order valence-corrected chi connectivity index (χ1v) is 10.1. The van der Waals surface area contributed by atoms with Crippen molar-refractivity contribution in [2.75, 3.05) is 13.2 Å². The Kier molecular flexibility index (Phi) is 5.00. The van der Waals surface area contributed by atoms with Gasteiger partial charge in [0.2, 0.25) is 5.91 Å². The Bertz CT molecular complexity index is 785. The fourth-order valence-electron chi connectivity index (χ4n) is 4.75. The lowest BCUT2D eigenvalue weighted by atomic mass is 9.56. The van der Waals surface area contributed by atoms with Crippen molar-refractivity contribution in [3.8, 4) is 5.75 Å². The van der Waals surface area contributed by atoms with Gasteiger partial charge in [0.05, 0.1) is 23.2 Å².